The van der Waals surface area contributed by atoms with Crippen LogP contribution in [0.3, 0.4) is 0 Å². The molecule has 0 saturated heterocycles. The fraction of sp³-hybridized carbons (Fsp3) is 0.226. The maximum Gasteiger partial charge on any atom is 0.119 e. The number of ether oxygens (including phenoxy) is 2. The predicted octanol–water partition coefficient (Wildman–Crippen LogP) is 5.41. The summed E-state index contributed by atoms with van der Waals surface area (Å²) < 4.78 is 11.4. The molecule has 0 unspecified atom stereocenters. The molecule has 4 heteroatoms. The molecular formula is C31H30O4. The van der Waals surface area contributed by atoms with E-state index >= 15 is 0 Å². The van der Waals surface area contributed by atoms with E-state index in [0.29, 0.717) is 0 Å². The third-order valence-electron chi connectivity index (χ3n) is 6.88. The molecule has 0 aliphatic heterocycles. The number of rotatable bonds is 8. The Labute approximate surface area is 206 Å². The minimum atomic E-state index is -0.508. The lowest BCUT2D eigenvalue weighted by molar-refractivity contribution is 0.201. The van der Waals surface area contributed by atoms with Crippen molar-refractivity contribution < 1.29 is 19.7 Å². The molecule has 2 N–H and O–H groups in total. The van der Waals surface area contributed by atoms with Crippen LogP contribution >= 0.6 is 0 Å². The first-order valence-corrected chi connectivity index (χ1v) is 12.0. The quantitative estimate of drug-likeness (QED) is 0.321. The summed E-state index contributed by atoms with van der Waals surface area (Å²) in [5, 5.41) is 18.4. The highest BCUT2D eigenvalue weighted by Gasteiger charge is 2.47. The van der Waals surface area contributed by atoms with Crippen molar-refractivity contribution in [2.45, 2.75) is 19.3 Å². The van der Waals surface area contributed by atoms with Gasteiger partial charge in [-0.15, -0.1) is 0 Å². The normalized spacial score (nSPS) is 13.3. The van der Waals surface area contributed by atoms with Crippen LogP contribution in [0.5, 0.6) is 11.5 Å². The van der Waals surface area contributed by atoms with Crippen molar-refractivity contribution >= 4 is 0 Å². The Morgan fingerprint density at radius 3 is 1.40 bits per heavy atom. The van der Waals surface area contributed by atoms with Crippen molar-refractivity contribution in [1.82, 2.24) is 0 Å². The van der Waals surface area contributed by atoms with Crippen molar-refractivity contribution in [3.05, 3.63) is 118 Å². The highest BCUT2D eigenvalue weighted by Crippen LogP contribution is 2.57. The Kier molecular flexibility index (Phi) is 6.33. The molecule has 0 atom stereocenters. The Bertz CT molecular complexity index is 1250. The summed E-state index contributed by atoms with van der Waals surface area (Å²) in [6.45, 7) is 4.75. The van der Waals surface area contributed by atoms with Gasteiger partial charge in [-0.05, 0) is 82.6 Å². The smallest absolute Gasteiger partial charge is 0.119 e. The first-order valence-electron chi connectivity index (χ1n) is 12.0. The van der Waals surface area contributed by atoms with Gasteiger partial charge in [0, 0.05) is 0 Å². The first-order chi connectivity index (χ1) is 17.1. The molecule has 0 heterocycles. The number of aliphatic hydroxyl groups excluding tert-OH is 2. The zero-order chi connectivity index (χ0) is 24.4. The summed E-state index contributed by atoms with van der Waals surface area (Å²) in [5.74, 6) is 1.50. The van der Waals surface area contributed by atoms with E-state index < -0.39 is 5.41 Å². The SMILES string of the molecule is Cc1cc(OCCO)ccc1C1(c2ccc(OCCO)cc2C)c2ccccc2-c2ccccc21. The number of aryl methyl sites for hydroxylation is 2. The lowest BCUT2D eigenvalue weighted by Gasteiger charge is -2.36. The Hall–Kier alpha value is -3.60. The highest BCUT2D eigenvalue weighted by atomic mass is 16.5. The average Bonchev–Trinajstić information content (AvgIpc) is 3.17. The molecule has 4 aromatic carbocycles. The molecule has 5 rings (SSSR count). The van der Waals surface area contributed by atoms with Gasteiger partial charge in [0.2, 0.25) is 0 Å². The molecule has 0 fully saturated rings. The van der Waals surface area contributed by atoms with Crippen molar-refractivity contribution in [3.63, 3.8) is 0 Å². The number of fused-ring (bicyclic) bond motifs is 3. The monoisotopic (exact) mass is 466 g/mol. The predicted molar refractivity (Wildman–Crippen MR) is 138 cm³/mol. The molecule has 0 saturated carbocycles. The van der Waals surface area contributed by atoms with E-state index in [4.69, 9.17) is 9.47 Å². The minimum Gasteiger partial charge on any atom is -0.491 e. The standard InChI is InChI=1S/C31H30O4/c1-21-19-23(34-17-15-32)11-13-27(21)31(28-14-12-24(20-22(28)2)35-18-16-33)29-9-5-3-7-25(29)26-8-4-6-10-30(26)31/h3-14,19-20,32-33H,15-18H2,1-2H3. The Morgan fingerprint density at radius 1 is 0.571 bits per heavy atom. The molecule has 35 heavy (non-hydrogen) atoms. The average molecular weight is 467 g/mol. The van der Waals surface area contributed by atoms with Gasteiger partial charge >= 0.3 is 0 Å². The van der Waals surface area contributed by atoms with Crippen molar-refractivity contribution in [1.29, 1.82) is 0 Å². The maximum absolute atomic E-state index is 9.19. The molecule has 178 valence electrons. The van der Waals surface area contributed by atoms with E-state index in [2.05, 4.69) is 86.6 Å². The summed E-state index contributed by atoms with van der Waals surface area (Å²) in [7, 11) is 0. The van der Waals surface area contributed by atoms with Gasteiger partial charge in [-0.2, -0.15) is 0 Å². The van der Waals surface area contributed by atoms with Gasteiger partial charge in [-0.25, -0.2) is 0 Å². The summed E-state index contributed by atoms with van der Waals surface area (Å²) in [4.78, 5) is 0. The number of hydrogen-bond donors (Lipinski definition) is 2. The van der Waals surface area contributed by atoms with Crippen LogP contribution in [-0.4, -0.2) is 36.6 Å². The number of benzene rings is 4. The van der Waals surface area contributed by atoms with Gasteiger partial charge < -0.3 is 19.7 Å². The van der Waals surface area contributed by atoms with E-state index in [1.165, 1.54) is 33.4 Å². The molecule has 0 spiro atoms. The number of hydrogen-bond acceptors (Lipinski definition) is 4. The van der Waals surface area contributed by atoms with Crippen LogP contribution in [0.1, 0.15) is 33.4 Å². The molecule has 0 radical (unpaired) electrons. The molecule has 0 amide bonds. The molecule has 1 aliphatic rings. The zero-order valence-corrected chi connectivity index (χ0v) is 20.1. The van der Waals surface area contributed by atoms with Crippen molar-refractivity contribution in [2.75, 3.05) is 26.4 Å². The maximum atomic E-state index is 9.19. The second-order valence-electron chi connectivity index (χ2n) is 8.94. The van der Waals surface area contributed by atoms with Crippen molar-refractivity contribution in [2.24, 2.45) is 0 Å². The second-order valence-corrected chi connectivity index (χ2v) is 8.94. The van der Waals surface area contributed by atoms with Crippen molar-refractivity contribution in [3.8, 4) is 22.6 Å². The minimum absolute atomic E-state index is 0.0185. The Balaban J connectivity index is 1.80. The third kappa shape index (κ3) is 3.79. The van der Waals surface area contributed by atoms with E-state index in [-0.39, 0.29) is 26.4 Å². The van der Waals surface area contributed by atoms with E-state index in [9.17, 15) is 10.2 Å². The molecule has 0 bridgehead atoms. The molecule has 1 aliphatic carbocycles. The fourth-order valence-electron chi connectivity index (χ4n) is 5.58. The molecule has 4 nitrogen and oxygen atoms in total. The van der Waals surface area contributed by atoms with Crippen LogP contribution in [0.15, 0.2) is 84.9 Å². The topological polar surface area (TPSA) is 58.9 Å². The van der Waals surface area contributed by atoms with Gasteiger partial charge in [0.15, 0.2) is 0 Å². The highest BCUT2D eigenvalue weighted by molar-refractivity contribution is 5.87. The van der Waals surface area contributed by atoms with E-state index in [1.807, 2.05) is 12.1 Å². The van der Waals surface area contributed by atoms with Crippen LogP contribution in [0.4, 0.5) is 0 Å². The zero-order valence-electron chi connectivity index (χ0n) is 20.1. The van der Waals surface area contributed by atoms with E-state index in [1.54, 1.807) is 0 Å². The van der Waals surface area contributed by atoms with E-state index in [0.717, 1.165) is 22.6 Å². The molecular weight excluding hydrogens is 436 g/mol. The summed E-state index contributed by atoms with van der Waals surface area (Å²) in [6, 6.07) is 29.8. The molecule has 4 aromatic rings. The van der Waals surface area contributed by atoms with Gasteiger partial charge in [0.25, 0.3) is 0 Å². The lowest BCUT2D eigenvalue weighted by atomic mass is 9.65. The van der Waals surface area contributed by atoms with Crippen LogP contribution in [0, 0.1) is 13.8 Å². The van der Waals surface area contributed by atoms with Gasteiger partial charge in [0.05, 0.1) is 18.6 Å². The first kappa shape index (κ1) is 23.2. The lowest BCUT2D eigenvalue weighted by Crippen LogP contribution is -2.30. The van der Waals surface area contributed by atoms with Gasteiger partial charge in [-0.1, -0.05) is 60.7 Å². The third-order valence-corrected chi connectivity index (χ3v) is 6.88. The van der Waals surface area contributed by atoms with Gasteiger partial charge in [-0.3, -0.25) is 0 Å². The summed E-state index contributed by atoms with van der Waals surface area (Å²) in [6.07, 6.45) is 0. The summed E-state index contributed by atoms with van der Waals surface area (Å²) in [5.41, 5.74) is 9.09. The van der Waals surface area contributed by atoms with Crippen LogP contribution in [-0.2, 0) is 5.41 Å². The van der Waals surface area contributed by atoms with Crippen LogP contribution in [0.25, 0.3) is 11.1 Å². The fourth-order valence-corrected chi connectivity index (χ4v) is 5.58. The second kappa shape index (κ2) is 9.57. The number of aliphatic hydroxyl groups is 2. The Morgan fingerprint density at radius 2 is 1.00 bits per heavy atom. The van der Waals surface area contributed by atoms with Gasteiger partial charge in [0.1, 0.15) is 24.7 Å². The van der Waals surface area contributed by atoms with Crippen LogP contribution < -0.4 is 9.47 Å². The summed E-state index contributed by atoms with van der Waals surface area (Å²) >= 11 is 0. The molecule has 0 aromatic heterocycles. The largest absolute Gasteiger partial charge is 0.491 e. The van der Waals surface area contributed by atoms with Crippen LogP contribution in [0.2, 0.25) is 0 Å².